The maximum Gasteiger partial charge on any atom is 0.315 e. The van der Waals surface area contributed by atoms with Gasteiger partial charge in [0, 0.05) is 25.8 Å². The van der Waals surface area contributed by atoms with E-state index in [4.69, 9.17) is 5.11 Å². The standard InChI is InChI=1S/C13H22N4O3/c1-9(2)11(6-12(18)19)16-13(20)14-5-4-10-7-15-17(3)8-10/h7-9,11H,4-6H2,1-3H3,(H,18,19)(H2,14,16,20). The van der Waals surface area contributed by atoms with E-state index >= 15 is 0 Å². The highest BCUT2D eigenvalue weighted by Gasteiger charge is 2.19. The highest BCUT2D eigenvalue weighted by atomic mass is 16.4. The summed E-state index contributed by atoms with van der Waals surface area (Å²) in [5.74, 6) is -0.852. The summed E-state index contributed by atoms with van der Waals surface area (Å²) in [5, 5.41) is 18.2. The molecule has 7 heteroatoms. The zero-order chi connectivity index (χ0) is 15.1. The summed E-state index contributed by atoms with van der Waals surface area (Å²) in [6.07, 6.45) is 4.25. The number of carbonyl (C=O) groups excluding carboxylic acids is 1. The molecule has 7 nitrogen and oxygen atoms in total. The Labute approximate surface area is 118 Å². The van der Waals surface area contributed by atoms with Crippen molar-refractivity contribution in [2.24, 2.45) is 13.0 Å². The van der Waals surface area contributed by atoms with E-state index < -0.39 is 5.97 Å². The molecular weight excluding hydrogens is 260 g/mol. The Hall–Kier alpha value is -2.05. The number of amides is 2. The molecule has 0 fully saturated rings. The molecule has 0 bridgehead atoms. The molecular formula is C13H22N4O3. The summed E-state index contributed by atoms with van der Waals surface area (Å²) in [5.41, 5.74) is 1.04. The van der Waals surface area contributed by atoms with Crippen LogP contribution in [-0.2, 0) is 18.3 Å². The number of aryl methyl sites for hydroxylation is 1. The number of rotatable bonds is 7. The monoisotopic (exact) mass is 282 g/mol. The molecule has 0 saturated carbocycles. The lowest BCUT2D eigenvalue weighted by Crippen LogP contribution is -2.45. The first-order valence-electron chi connectivity index (χ1n) is 6.62. The van der Waals surface area contributed by atoms with Gasteiger partial charge in [0.2, 0.25) is 0 Å². The predicted octanol–water partition coefficient (Wildman–Crippen LogP) is 0.761. The van der Waals surface area contributed by atoms with E-state index in [1.165, 1.54) is 0 Å². The molecule has 1 aromatic rings. The number of nitrogens with one attached hydrogen (secondary N) is 2. The Morgan fingerprint density at radius 2 is 2.15 bits per heavy atom. The van der Waals surface area contributed by atoms with Gasteiger partial charge in [-0.1, -0.05) is 13.8 Å². The SMILES string of the molecule is CC(C)C(CC(=O)O)NC(=O)NCCc1cnn(C)c1. The third-order valence-corrected chi connectivity index (χ3v) is 2.97. The van der Waals surface area contributed by atoms with Crippen LogP contribution in [0.1, 0.15) is 25.8 Å². The van der Waals surface area contributed by atoms with Crippen molar-refractivity contribution in [1.82, 2.24) is 20.4 Å². The van der Waals surface area contributed by atoms with Gasteiger partial charge in [0.05, 0.1) is 12.6 Å². The van der Waals surface area contributed by atoms with Crippen molar-refractivity contribution >= 4 is 12.0 Å². The Morgan fingerprint density at radius 3 is 2.65 bits per heavy atom. The molecule has 0 saturated heterocycles. The quantitative estimate of drug-likeness (QED) is 0.688. The first kappa shape index (κ1) is 16.0. The zero-order valence-corrected chi connectivity index (χ0v) is 12.1. The lowest BCUT2D eigenvalue weighted by molar-refractivity contribution is -0.137. The van der Waals surface area contributed by atoms with Crippen LogP contribution in [0, 0.1) is 5.92 Å². The van der Waals surface area contributed by atoms with E-state index in [0.717, 1.165) is 5.56 Å². The molecule has 0 aliphatic carbocycles. The molecule has 0 spiro atoms. The van der Waals surface area contributed by atoms with Crippen LogP contribution in [0.25, 0.3) is 0 Å². The van der Waals surface area contributed by atoms with Gasteiger partial charge in [0.15, 0.2) is 0 Å². The second-order valence-electron chi connectivity index (χ2n) is 5.12. The topological polar surface area (TPSA) is 96.2 Å². The molecule has 20 heavy (non-hydrogen) atoms. The van der Waals surface area contributed by atoms with Crippen molar-refractivity contribution in [2.75, 3.05) is 6.54 Å². The van der Waals surface area contributed by atoms with Crippen LogP contribution in [0.4, 0.5) is 4.79 Å². The second-order valence-corrected chi connectivity index (χ2v) is 5.12. The van der Waals surface area contributed by atoms with Gasteiger partial charge in [-0.3, -0.25) is 9.48 Å². The number of carboxylic acids is 1. The van der Waals surface area contributed by atoms with Gasteiger partial charge < -0.3 is 15.7 Å². The number of hydrogen-bond donors (Lipinski definition) is 3. The van der Waals surface area contributed by atoms with Gasteiger partial charge in [0.1, 0.15) is 0 Å². The minimum atomic E-state index is -0.917. The molecule has 1 unspecified atom stereocenters. The molecule has 3 N–H and O–H groups in total. The largest absolute Gasteiger partial charge is 0.481 e. The average Bonchev–Trinajstić information content (AvgIpc) is 2.73. The molecule has 0 aliphatic rings. The number of aliphatic carboxylic acids is 1. The van der Waals surface area contributed by atoms with Crippen LogP contribution in [0.5, 0.6) is 0 Å². The predicted molar refractivity (Wildman–Crippen MR) is 74.3 cm³/mol. The molecule has 0 aliphatic heterocycles. The fourth-order valence-corrected chi connectivity index (χ4v) is 1.78. The number of carboxylic acid groups (broad SMARTS) is 1. The van der Waals surface area contributed by atoms with Gasteiger partial charge in [-0.2, -0.15) is 5.10 Å². The van der Waals surface area contributed by atoms with E-state index in [9.17, 15) is 9.59 Å². The summed E-state index contributed by atoms with van der Waals surface area (Å²) >= 11 is 0. The van der Waals surface area contributed by atoms with Crippen molar-refractivity contribution < 1.29 is 14.7 Å². The number of hydrogen-bond acceptors (Lipinski definition) is 3. The first-order valence-corrected chi connectivity index (χ1v) is 6.62. The van der Waals surface area contributed by atoms with Crippen molar-refractivity contribution in [2.45, 2.75) is 32.7 Å². The number of aromatic nitrogens is 2. The van der Waals surface area contributed by atoms with Crippen LogP contribution < -0.4 is 10.6 Å². The van der Waals surface area contributed by atoms with Crippen LogP contribution in [0.2, 0.25) is 0 Å². The van der Waals surface area contributed by atoms with Gasteiger partial charge >= 0.3 is 12.0 Å². The number of urea groups is 1. The summed E-state index contributed by atoms with van der Waals surface area (Å²) in [4.78, 5) is 22.4. The highest BCUT2D eigenvalue weighted by molar-refractivity contribution is 5.75. The van der Waals surface area contributed by atoms with Gasteiger partial charge in [0.25, 0.3) is 0 Å². The molecule has 2 amide bonds. The van der Waals surface area contributed by atoms with Crippen LogP contribution in [-0.4, -0.2) is 39.5 Å². The minimum Gasteiger partial charge on any atom is -0.481 e. The van der Waals surface area contributed by atoms with Crippen molar-refractivity contribution in [1.29, 1.82) is 0 Å². The minimum absolute atomic E-state index is 0.0650. The lowest BCUT2D eigenvalue weighted by atomic mass is 10.0. The van der Waals surface area contributed by atoms with Crippen LogP contribution in [0.3, 0.4) is 0 Å². The van der Waals surface area contributed by atoms with Crippen molar-refractivity contribution in [3.63, 3.8) is 0 Å². The van der Waals surface area contributed by atoms with Gasteiger partial charge in [-0.15, -0.1) is 0 Å². The molecule has 1 rings (SSSR count). The van der Waals surface area contributed by atoms with E-state index in [0.29, 0.717) is 13.0 Å². The van der Waals surface area contributed by atoms with Gasteiger partial charge in [-0.25, -0.2) is 4.79 Å². The summed E-state index contributed by atoms with van der Waals surface area (Å²) < 4.78 is 1.71. The third-order valence-electron chi connectivity index (χ3n) is 2.97. The van der Waals surface area contributed by atoms with Crippen molar-refractivity contribution in [3.8, 4) is 0 Å². The Kier molecular flexibility index (Phi) is 6.02. The van der Waals surface area contributed by atoms with Crippen LogP contribution >= 0.6 is 0 Å². The zero-order valence-electron chi connectivity index (χ0n) is 12.1. The summed E-state index contributed by atoms with van der Waals surface area (Å²) in [7, 11) is 1.84. The number of nitrogens with zero attached hydrogens (tertiary/aromatic N) is 2. The smallest absolute Gasteiger partial charge is 0.315 e. The fraction of sp³-hybridized carbons (Fsp3) is 0.615. The van der Waals surface area contributed by atoms with E-state index in [1.54, 1.807) is 10.9 Å². The second kappa shape index (κ2) is 7.52. The lowest BCUT2D eigenvalue weighted by Gasteiger charge is -2.20. The van der Waals surface area contributed by atoms with E-state index in [1.807, 2.05) is 27.1 Å². The Bertz CT molecular complexity index is 456. The normalized spacial score (nSPS) is 12.2. The molecule has 0 aromatic carbocycles. The van der Waals surface area contributed by atoms with Crippen molar-refractivity contribution in [3.05, 3.63) is 18.0 Å². The summed E-state index contributed by atoms with van der Waals surface area (Å²) in [6.45, 7) is 4.24. The number of carbonyl (C=O) groups is 2. The van der Waals surface area contributed by atoms with E-state index in [-0.39, 0.29) is 24.4 Å². The third kappa shape index (κ3) is 5.73. The van der Waals surface area contributed by atoms with Gasteiger partial charge in [-0.05, 0) is 17.9 Å². The maximum atomic E-state index is 11.7. The Balaban J connectivity index is 2.32. The first-order chi connectivity index (χ1) is 9.38. The maximum absolute atomic E-state index is 11.7. The Morgan fingerprint density at radius 1 is 1.45 bits per heavy atom. The fourth-order valence-electron chi connectivity index (χ4n) is 1.78. The highest BCUT2D eigenvalue weighted by Crippen LogP contribution is 2.05. The summed E-state index contributed by atoms with van der Waals surface area (Å²) in [6, 6.07) is -0.709. The molecule has 1 atom stereocenters. The van der Waals surface area contributed by atoms with E-state index in [2.05, 4.69) is 15.7 Å². The average molecular weight is 282 g/mol. The van der Waals surface area contributed by atoms with Crippen LogP contribution in [0.15, 0.2) is 12.4 Å². The molecule has 0 radical (unpaired) electrons. The molecule has 112 valence electrons. The molecule has 1 aromatic heterocycles. The molecule has 1 heterocycles.